The van der Waals surface area contributed by atoms with Crippen LogP contribution >= 0.6 is 0 Å². The fourth-order valence-electron chi connectivity index (χ4n) is 1.84. The lowest BCUT2D eigenvalue weighted by molar-refractivity contribution is 0.343. The van der Waals surface area contributed by atoms with Crippen LogP contribution in [-0.2, 0) is 0 Å². The SMILES string of the molecule is Cc1ccc(/C(=C/CO)c2ccccc2)cc1. The number of aliphatic hydroxyl groups excluding tert-OH is 1. The van der Waals surface area contributed by atoms with Crippen molar-refractivity contribution in [2.45, 2.75) is 6.92 Å². The summed E-state index contributed by atoms with van der Waals surface area (Å²) < 4.78 is 0. The van der Waals surface area contributed by atoms with Gasteiger partial charge in [0.25, 0.3) is 0 Å². The number of aryl methyl sites for hydroxylation is 1. The molecule has 2 aromatic rings. The van der Waals surface area contributed by atoms with E-state index >= 15 is 0 Å². The van der Waals surface area contributed by atoms with Gasteiger partial charge in [0, 0.05) is 0 Å². The van der Waals surface area contributed by atoms with E-state index in [-0.39, 0.29) is 6.61 Å². The van der Waals surface area contributed by atoms with Crippen LogP contribution in [0.5, 0.6) is 0 Å². The van der Waals surface area contributed by atoms with Gasteiger partial charge in [-0.15, -0.1) is 0 Å². The van der Waals surface area contributed by atoms with Crippen molar-refractivity contribution in [3.05, 3.63) is 77.4 Å². The van der Waals surface area contributed by atoms with Crippen molar-refractivity contribution in [3.63, 3.8) is 0 Å². The Balaban J connectivity index is 2.44. The molecule has 0 spiro atoms. The predicted octanol–water partition coefficient (Wildman–Crippen LogP) is 3.42. The van der Waals surface area contributed by atoms with Crippen LogP contribution in [0, 0.1) is 6.92 Å². The number of hydrogen-bond donors (Lipinski definition) is 1. The van der Waals surface area contributed by atoms with Gasteiger partial charge >= 0.3 is 0 Å². The molecule has 0 saturated heterocycles. The molecule has 0 radical (unpaired) electrons. The molecule has 0 aliphatic rings. The molecule has 0 atom stereocenters. The molecule has 0 saturated carbocycles. The Hall–Kier alpha value is -1.86. The molecule has 1 nitrogen and oxygen atoms in total. The summed E-state index contributed by atoms with van der Waals surface area (Å²) in [6.07, 6.45) is 1.85. The van der Waals surface area contributed by atoms with Gasteiger partial charge in [-0.1, -0.05) is 66.2 Å². The monoisotopic (exact) mass is 224 g/mol. The third kappa shape index (κ3) is 2.83. The first-order chi connectivity index (χ1) is 8.31. The Kier molecular flexibility index (Phi) is 3.73. The summed E-state index contributed by atoms with van der Waals surface area (Å²) in [6, 6.07) is 18.5. The lowest BCUT2D eigenvalue weighted by Gasteiger charge is -2.08. The lowest BCUT2D eigenvalue weighted by atomic mass is 9.97. The van der Waals surface area contributed by atoms with Crippen LogP contribution in [0.2, 0.25) is 0 Å². The molecule has 1 N–H and O–H groups in total. The minimum Gasteiger partial charge on any atom is -0.392 e. The van der Waals surface area contributed by atoms with Crippen LogP contribution in [0.15, 0.2) is 60.7 Å². The third-order valence-corrected chi connectivity index (χ3v) is 2.74. The van der Waals surface area contributed by atoms with Crippen molar-refractivity contribution in [1.82, 2.24) is 0 Å². The van der Waals surface area contributed by atoms with Crippen LogP contribution in [0.4, 0.5) is 0 Å². The summed E-state index contributed by atoms with van der Waals surface area (Å²) >= 11 is 0. The van der Waals surface area contributed by atoms with E-state index in [1.54, 1.807) is 0 Å². The van der Waals surface area contributed by atoms with Crippen LogP contribution in [-0.4, -0.2) is 11.7 Å². The van der Waals surface area contributed by atoms with Gasteiger partial charge in [0.1, 0.15) is 0 Å². The van der Waals surface area contributed by atoms with Gasteiger partial charge in [0.15, 0.2) is 0 Å². The van der Waals surface area contributed by atoms with Crippen molar-refractivity contribution in [1.29, 1.82) is 0 Å². The average Bonchev–Trinajstić information content (AvgIpc) is 2.38. The van der Waals surface area contributed by atoms with Crippen molar-refractivity contribution in [3.8, 4) is 0 Å². The van der Waals surface area contributed by atoms with Gasteiger partial charge in [0.2, 0.25) is 0 Å². The second-order valence-electron chi connectivity index (χ2n) is 4.03. The summed E-state index contributed by atoms with van der Waals surface area (Å²) in [5.41, 5.74) is 4.58. The van der Waals surface area contributed by atoms with Crippen molar-refractivity contribution in [2.75, 3.05) is 6.61 Å². The summed E-state index contributed by atoms with van der Waals surface area (Å²) in [6.45, 7) is 2.12. The Morgan fingerprint density at radius 3 is 2.12 bits per heavy atom. The van der Waals surface area contributed by atoms with Gasteiger partial charge in [-0.05, 0) is 23.6 Å². The van der Waals surface area contributed by atoms with Crippen molar-refractivity contribution in [2.24, 2.45) is 0 Å². The molecule has 1 heteroatoms. The normalized spacial score (nSPS) is 11.5. The number of benzene rings is 2. The molecular formula is C16H16O. The molecule has 2 rings (SSSR count). The van der Waals surface area contributed by atoms with E-state index in [0.29, 0.717) is 0 Å². The van der Waals surface area contributed by atoms with E-state index in [1.165, 1.54) is 5.56 Å². The lowest BCUT2D eigenvalue weighted by Crippen LogP contribution is -1.90. The smallest absolute Gasteiger partial charge is 0.0621 e. The fourth-order valence-corrected chi connectivity index (χ4v) is 1.84. The van der Waals surface area contributed by atoms with Crippen LogP contribution in [0.25, 0.3) is 5.57 Å². The van der Waals surface area contributed by atoms with Gasteiger partial charge in [-0.3, -0.25) is 0 Å². The Morgan fingerprint density at radius 2 is 1.53 bits per heavy atom. The van der Waals surface area contributed by atoms with Gasteiger partial charge in [-0.2, -0.15) is 0 Å². The maximum Gasteiger partial charge on any atom is 0.0621 e. The molecule has 0 fully saturated rings. The highest BCUT2D eigenvalue weighted by Crippen LogP contribution is 2.23. The maximum atomic E-state index is 9.14. The zero-order chi connectivity index (χ0) is 12.1. The molecular weight excluding hydrogens is 208 g/mol. The first kappa shape index (κ1) is 11.6. The van der Waals surface area contributed by atoms with E-state index in [9.17, 15) is 0 Å². The second-order valence-corrected chi connectivity index (χ2v) is 4.03. The van der Waals surface area contributed by atoms with E-state index < -0.39 is 0 Å². The molecule has 0 unspecified atom stereocenters. The molecule has 2 aromatic carbocycles. The third-order valence-electron chi connectivity index (χ3n) is 2.74. The number of aliphatic hydroxyl groups is 1. The fraction of sp³-hybridized carbons (Fsp3) is 0.125. The minimum atomic E-state index is 0.0537. The second kappa shape index (κ2) is 5.46. The van der Waals surface area contributed by atoms with Gasteiger partial charge in [-0.25, -0.2) is 0 Å². The van der Waals surface area contributed by atoms with Crippen LogP contribution in [0.3, 0.4) is 0 Å². The largest absolute Gasteiger partial charge is 0.392 e. The first-order valence-corrected chi connectivity index (χ1v) is 5.75. The van der Waals surface area contributed by atoms with Gasteiger partial charge < -0.3 is 5.11 Å². The standard InChI is InChI=1S/C16H16O/c1-13-7-9-15(10-8-13)16(11-12-17)14-5-3-2-4-6-14/h2-11,17H,12H2,1H3/b16-11+. The minimum absolute atomic E-state index is 0.0537. The Bertz CT molecular complexity index is 495. The van der Waals surface area contributed by atoms with E-state index in [4.69, 9.17) is 5.11 Å². The van der Waals surface area contributed by atoms with Crippen molar-refractivity contribution < 1.29 is 5.11 Å². The average molecular weight is 224 g/mol. The van der Waals surface area contributed by atoms with E-state index in [1.807, 2.05) is 24.3 Å². The number of hydrogen-bond acceptors (Lipinski definition) is 1. The molecule has 0 amide bonds. The van der Waals surface area contributed by atoms with E-state index in [2.05, 4.69) is 43.3 Å². The van der Waals surface area contributed by atoms with E-state index in [0.717, 1.165) is 16.7 Å². The molecule has 0 aliphatic carbocycles. The van der Waals surface area contributed by atoms with Crippen LogP contribution in [0.1, 0.15) is 16.7 Å². The quantitative estimate of drug-likeness (QED) is 0.847. The van der Waals surface area contributed by atoms with Crippen molar-refractivity contribution >= 4 is 5.57 Å². The summed E-state index contributed by atoms with van der Waals surface area (Å²) in [5, 5.41) is 9.14. The van der Waals surface area contributed by atoms with Crippen LogP contribution < -0.4 is 0 Å². The zero-order valence-corrected chi connectivity index (χ0v) is 9.93. The highest BCUT2D eigenvalue weighted by Gasteiger charge is 2.03. The summed E-state index contributed by atoms with van der Waals surface area (Å²) in [4.78, 5) is 0. The summed E-state index contributed by atoms with van der Waals surface area (Å²) in [7, 11) is 0. The topological polar surface area (TPSA) is 20.2 Å². The summed E-state index contributed by atoms with van der Waals surface area (Å²) in [5.74, 6) is 0. The maximum absolute atomic E-state index is 9.14. The molecule has 0 heterocycles. The highest BCUT2D eigenvalue weighted by atomic mass is 16.2. The molecule has 86 valence electrons. The Labute approximate surface area is 102 Å². The predicted molar refractivity (Wildman–Crippen MR) is 71.8 cm³/mol. The first-order valence-electron chi connectivity index (χ1n) is 5.75. The molecule has 0 bridgehead atoms. The Morgan fingerprint density at radius 1 is 0.941 bits per heavy atom. The molecule has 0 aromatic heterocycles. The molecule has 0 aliphatic heterocycles. The number of rotatable bonds is 3. The molecule has 17 heavy (non-hydrogen) atoms. The van der Waals surface area contributed by atoms with Gasteiger partial charge in [0.05, 0.1) is 6.61 Å². The zero-order valence-electron chi connectivity index (χ0n) is 9.93. The highest BCUT2D eigenvalue weighted by molar-refractivity contribution is 5.79.